The molecule has 2 aliphatic rings. The van der Waals surface area contributed by atoms with E-state index in [1.165, 1.54) is 12.8 Å². The lowest BCUT2D eigenvalue weighted by Gasteiger charge is -2.36. The first kappa shape index (κ1) is 10.9. The van der Waals surface area contributed by atoms with Gasteiger partial charge in [0.15, 0.2) is 0 Å². The fourth-order valence-corrected chi connectivity index (χ4v) is 2.62. The molecule has 86 valence electrons. The Labute approximate surface area is 91.4 Å². The highest BCUT2D eigenvalue weighted by molar-refractivity contribution is 5.82. The highest BCUT2D eigenvalue weighted by Gasteiger charge is 2.30. The van der Waals surface area contributed by atoms with E-state index in [0.717, 1.165) is 32.6 Å². The average Bonchev–Trinajstić information content (AvgIpc) is 2.71. The van der Waals surface area contributed by atoms with Crippen LogP contribution in [0.15, 0.2) is 0 Å². The summed E-state index contributed by atoms with van der Waals surface area (Å²) < 4.78 is 0. The van der Waals surface area contributed by atoms with Crippen LogP contribution in [0.2, 0.25) is 0 Å². The Morgan fingerprint density at radius 2 is 2.33 bits per heavy atom. The van der Waals surface area contributed by atoms with Crippen molar-refractivity contribution < 1.29 is 4.79 Å². The van der Waals surface area contributed by atoms with E-state index in [2.05, 4.69) is 22.5 Å². The summed E-state index contributed by atoms with van der Waals surface area (Å²) >= 11 is 0. The number of carbonyl (C=O) groups excluding carboxylic acids is 1. The molecule has 0 aromatic rings. The van der Waals surface area contributed by atoms with Crippen molar-refractivity contribution in [2.45, 2.75) is 38.3 Å². The molecule has 0 radical (unpaired) electrons. The van der Waals surface area contributed by atoms with Crippen molar-refractivity contribution in [2.24, 2.45) is 0 Å². The van der Waals surface area contributed by atoms with Gasteiger partial charge in [-0.1, -0.05) is 6.92 Å². The maximum atomic E-state index is 11.6. The molecule has 15 heavy (non-hydrogen) atoms. The summed E-state index contributed by atoms with van der Waals surface area (Å²) in [6.45, 7) is 6.07. The van der Waals surface area contributed by atoms with Crippen LogP contribution >= 0.6 is 0 Å². The van der Waals surface area contributed by atoms with E-state index in [1.54, 1.807) is 0 Å². The Kier molecular flexibility index (Phi) is 3.59. The van der Waals surface area contributed by atoms with Crippen LogP contribution in [0.4, 0.5) is 0 Å². The molecule has 0 aromatic heterocycles. The number of nitrogens with zero attached hydrogens (tertiary/aromatic N) is 1. The number of hydrogen-bond acceptors (Lipinski definition) is 3. The van der Waals surface area contributed by atoms with Crippen LogP contribution in [0.1, 0.15) is 26.2 Å². The van der Waals surface area contributed by atoms with Gasteiger partial charge in [0, 0.05) is 25.7 Å². The molecule has 2 fully saturated rings. The van der Waals surface area contributed by atoms with Gasteiger partial charge in [-0.25, -0.2) is 0 Å². The van der Waals surface area contributed by atoms with Crippen molar-refractivity contribution in [1.29, 1.82) is 0 Å². The summed E-state index contributed by atoms with van der Waals surface area (Å²) in [7, 11) is 0. The molecule has 0 aromatic carbocycles. The lowest BCUT2D eigenvalue weighted by Crippen LogP contribution is -2.57. The van der Waals surface area contributed by atoms with E-state index in [1.807, 2.05) is 0 Å². The van der Waals surface area contributed by atoms with Gasteiger partial charge < -0.3 is 10.6 Å². The van der Waals surface area contributed by atoms with Gasteiger partial charge >= 0.3 is 0 Å². The minimum Gasteiger partial charge on any atom is -0.353 e. The fraction of sp³-hybridized carbons (Fsp3) is 0.909. The molecule has 1 unspecified atom stereocenters. The number of nitrogens with one attached hydrogen (secondary N) is 2. The van der Waals surface area contributed by atoms with Crippen molar-refractivity contribution in [1.82, 2.24) is 15.5 Å². The third-order valence-electron chi connectivity index (χ3n) is 3.45. The predicted molar refractivity (Wildman–Crippen MR) is 59.7 cm³/mol. The molecule has 2 heterocycles. The second-order valence-corrected chi connectivity index (χ2v) is 4.50. The molecule has 4 heteroatoms. The van der Waals surface area contributed by atoms with E-state index in [4.69, 9.17) is 0 Å². The van der Waals surface area contributed by atoms with Gasteiger partial charge in [-0.05, 0) is 25.8 Å². The van der Waals surface area contributed by atoms with Crippen molar-refractivity contribution in [3.63, 3.8) is 0 Å². The minimum absolute atomic E-state index is 0.0983. The topological polar surface area (TPSA) is 44.4 Å². The summed E-state index contributed by atoms with van der Waals surface area (Å²) in [5.41, 5.74) is 0. The van der Waals surface area contributed by atoms with E-state index < -0.39 is 0 Å². The Hall–Kier alpha value is -0.610. The highest BCUT2D eigenvalue weighted by atomic mass is 16.2. The Bertz CT molecular complexity index is 226. The molecular formula is C11H21N3O. The van der Waals surface area contributed by atoms with E-state index in [9.17, 15) is 4.79 Å². The van der Waals surface area contributed by atoms with Gasteiger partial charge in [-0.2, -0.15) is 0 Å². The number of hydrogen-bond donors (Lipinski definition) is 2. The molecule has 0 saturated carbocycles. The lowest BCUT2D eigenvalue weighted by atomic mass is 10.1. The van der Waals surface area contributed by atoms with E-state index >= 15 is 0 Å². The highest BCUT2D eigenvalue weighted by Crippen LogP contribution is 2.13. The summed E-state index contributed by atoms with van der Waals surface area (Å²) in [5.74, 6) is 0.210. The summed E-state index contributed by atoms with van der Waals surface area (Å²) in [4.78, 5) is 14.0. The maximum absolute atomic E-state index is 11.6. The van der Waals surface area contributed by atoms with Crippen LogP contribution in [0.3, 0.4) is 0 Å². The first-order chi connectivity index (χ1) is 7.31. The first-order valence-corrected chi connectivity index (χ1v) is 6.06. The maximum Gasteiger partial charge on any atom is 0.237 e. The normalized spacial score (nSPS) is 33.0. The Morgan fingerprint density at radius 3 is 3.00 bits per heavy atom. The smallest absolute Gasteiger partial charge is 0.237 e. The molecule has 2 rings (SSSR count). The molecule has 1 amide bonds. The van der Waals surface area contributed by atoms with E-state index in [0.29, 0.717) is 6.04 Å². The molecule has 2 N–H and O–H groups in total. The van der Waals surface area contributed by atoms with Crippen LogP contribution < -0.4 is 10.6 Å². The molecule has 0 aliphatic carbocycles. The zero-order valence-corrected chi connectivity index (χ0v) is 9.46. The molecule has 4 nitrogen and oxygen atoms in total. The molecular weight excluding hydrogens is 190 g/mol. The van der Waals surface area contributed by atoms with Crippen LogP contribution in [-0.2, 0) is 4.79 Å². The molecule has 0 spiro atoms. The van der Waals surface area contributed by atoms with Gasteiger partial charge in [0.25, 0.3) is 0 Å². The van der Waals surface area contributed by atoms with Gasteiger partial charge in [-0.15, -0.1) is 0 Å². The van der Waals surface area contributed by atoms with Crippen LogP contribution in [0, 0.1) is 0 Å². The van der Waals surface area contributed by atoms with Crippen LogP contribution in [0.25, 0.3) is 0 Å². The molecule has 2 atom stereocenters. The van der Waals surface area contributed by atoms with Crippen molar-refractivity contribution in [3.8, 4) is 0 Å². The molecule has 2 aliphatic heterocycles. The second kappa shape index (κ2) is 4.94. The number of amides is 1. The van der Waals surface area contributed by atoms with Gasteiger partial charge in [-0.3, -0.25) is 9.69 Å². The number of rotatable bonds is 3. The predicted octanol–water partition coefficient (Wildman–Crippen LogP) is -0.0512. The minimum atomic E-state index is 0.0983. The second-order valence-electron chi connectivity index (χ2n) is 4.50. The monoisotopic (exact) mass is 211 g/mol. The zero-order chi connectivity index (χ0) is 10.7. The standard InChI is InChI=1S/C11H21N3O/c1-2-10-11(15)13-6-7-14(10)8-9-4-3-5-12-9/h9-10,12H,2-8H2,1H3,(H,13,15)/t9-,10?/m0/s1. The largest absolute Gasteiger partial charge is 0.353 e. The zero-order valence-electron chi connectivity index (χ0n) is 9.46. The van der Waals surface area contributed by atoms with Crippen molar-refractivity contribution >= 4 is 5.91 Å². The van der Waals surface area contributed by atoms with Crippen LogP contribution in [0.5, 0.6) is 0 Å². The Morgan fingerprint density at radius 1 is 1.47 bits per heavy atom. The molecule has 0 bridgehead atoms. The SMILES string of the molecule is CCC1C(=O)NCCN1C[C@@H]1CCCN1. The number of carbonyl (C=O) groups is 1. The third kappa shape index (κ3) is 2.49. The van der Waals surface area contributed by atoms with Crippen LogP contribution in [-0.4, -0.2) is 49.1 Å². The van der Waals surface area contributed by atoms with Crippen molar-refractivity contribution in [2.75, 3.05) is 26.2 Å². The van der Waals surface area contributed by atoms with Gasteiger partial charge in [0.2, 0.25) is 5.91 Å². The number of piperazine rings is 1. The average molecular weight is 211 g/mol. The van der Waals surface area contributed by atoms with Crippen molar-refractivity contribution in [3.05, 3.63) is 0 Å². The van der Waals surface area contributed by atoms with E-state index in [-0.39, 0.29) is 11.9 Å². The summed E-state index contributed by atoms with van der Waals surface area (Å²) in [6.07, 6.45) is 3.45. The van der Waals surface area contributed by atoms with Gasteiger partial charge in [0.05, 0.1) is 6.04 Å². The first-order valence-electron chi connectivity index (χ1n) is 6.06. The van der Waals surface area contributed by atoms with Gasteiger partial charge in [0.1, 0.15) is 0 Å². The third-order valence-corrected chi connectivity index (χ3v) is 3.45. The fourth-order valence-electron chi connectivity index (χ4n) is 2.62. The summed E-state index contributed by atoms with van der Waals surface area (Å²) in [5, 5.41) is 6.43. The lowest BCUT2D eigenvalue weighted by molar-refractivity contribution is -0.129. The molecule has 2 saturated heterocycles. The Balaban J connectivity index is 1.90. The quantitative estimate of drug-likeness (QED) is 0.688. The summed E-state index contributed by atoms with van der Waals surface area (Å²) in [6, 6.07) is 0.700.